The number of alkyl carbamates (subject to hydrolysis) is 1. The zero-order valence-corrected chi connectivity index (χ0v) is 12.3. The number of rotatable bonds is 4. The molecule has 3 N–H and O–H groups in total. The Morgan fingerprint density at radius 1 is 1.27 bits per heavy atom. The molecule has 0 aliphatic heterocycles. The maximum absolute atomic E-state index is 13.6. The number of carbonyl (C=O) groups is 2. The van der Waals surface area contributed by atoms with E-state index < -0.39 is 53.1 Å². The molecule has 0 saturated heterocycles. The third kappa shape index (κ3) is 4.87. The van der Waals surface area contributed by atoms with Gasteiger partial charge in [-0.05, 0) is 32.9 Å². The van der Waals surface area contributed by atoms with Crippen LogP contribution in [0.5, 0.6) is 5.75 Å². The van der Waals surface area contributed by atoms with Gasteiger partial charge in [0.2, 0.25) is 0 Å². The number of carboxylic acids is 1. The minimum Gasteiger partial charge on any atom is -0.505 e. The van der Waals surface area contributed by atoms with Crippen LogP contribution in [0.25, 0.3) is 0 Å². The number of hydrogen-bond acceptors (Lipinski definition) is 4. The quantitative estimate of drug-likeness (QED) is 0.791. The topological polar surface area (TPSA) is 95.9 Å². The van der Waals surface area contributed by atoms with Crippen molar-refractivity contribution in [1.29, 1.82) is 0 Å². The summed E-state index contributed by atoms with van der Waals surface area (Å²) in [5.74, 6) is -4.53. The number of halogens is 2. The fourth-order valence-corrected chi connectivity index (χ4v) is 1.63. The van der Waals surface area contributed by atoms with Crippen molar-refractivity contribution in [2.75, 3.05) is 0 Å². The number of aliphatic carboxylic acids is 1. The summed E-state index contributed by atoms with van der Waals surface area (Å²) in [6, 6.07) is -0.112. The number of carbonyl (C=O) groups excluding carboxylic acids is 1. The van der Waals surface area contributed by atoms with Crippen LogP contribution in [-0.2, 0) is 16.0 Å². The number of nitrogens with one attached hydrogen (secondary N) is 1. The number of phenols is 1. The molecule has 6 nitrogen and oxygen atoms in total. The zero-order chi connectivity index (χ0) is 17.1. The summed E-state index contributed by atoms with van der Waals surface area (Å²) in [5, 5.41) is 20.6. The Labute approximate surface area is 125 Å². The maximum Gasteiger partial charge on any atom is 0.408 e. The van der Waals surface area contributed by atoms with Gasteiger partial charge in [-0.2, -0.15) is 0 Å². The lowest BCUT2D eigenvalue weighted by molar-refractivity contribution is -0.139. The summed E-state index contributed by atoms with van der Waals surface area (Å²) in [6.07, 6.45) is -1.65. The highest BCUT2D eigenvalue weighted by Crippen LogP contribution is 2.25. The van der Waals surface area contributed by atoms with Crippen LogP contribution in [0.2, 0.25) is 0 Å². The second-order valence-corrected chi connectivity index (χ2v) is 5.60. The van der Waals surface area contributed by atoms with Crippen LogP contribution in [0.1, 0.15) is 26.3 Å². The third-order valence-corrected chi connectivity index (χ3v) is 2.57. The number of aromatic hydroxyl groups is 1. The summed E-state index contributed by atoms with van der Waals surface area (Å²) >= 11 is 0. The van der Waals surface area contributed by atoms with Crippen molar-refractivity contribution in [1.82, 2.24) is 5.32 Å². The van der Waals surface area contributed by atoms with Crippen molar-refractivity contribution in [3.05, 3.63) is 29.3 Å². The first-order valence-corrected chi connectivity index (χ1v) is 6.39. The van der Waals surface area contributed by atoms with Crippen molar-refractivity contribution in [3.8, 4) is 5.75 Å². The molecule has 0 bridgehead atoms. The lowest BCUT2D eigenvalue weighted by Gasteiger charge is -2.22. The lowest BCUT2D eigenvalue weighted by Crippen LogP contribution is -2.44. The Bertz CT molecular complexity index is 583. The second-order valence-electron chi connectivity index (χ2n) is 5.60. The molecule has 0 heterocycles. The van der Waals surface area contributed by atoms with E-state index in [0.717, 1.165) is 6.07 Å². The van der Waals surface area contributed by atoms with Crippen LogP contribution in [0, 0.1) is 11.6 Å². The molecule has 1 amide bonds. The standard InChI is InChI=1S/C14H17F2NO5/c1-14(2,3)22-13(21)17-10(12(19)20)6-7-8(15)4-5-9(16)11(7)18/h4-5,10,18H,6H2,1-3H3,(H,17,21)(H,19,20). The summed E-state index contributed by atoms with van der Waals surface area (Å²) < 4.78 is 31.7. The van der Waals surface area contributed by atoms with Gasteiger partial charge in [0, 0.05) is 12.0 Å². The molecule has 122 valence electrons. The molecule has 1 aromatic rings. The fourth-order valence-electron chi connectivity index (χ4n) is 1.63. The van der Waals surface area contributed by atoms with Crippen LogP contribution in [0.4, 0.5) is 13.6 Å². The third-order valence-electron chi connectivity index (χ3n) is 2.57. The maximum atomic E-state index is 13.6. The molecule has 1 atom stereocenters. The second kappa shape index (κ2) is 6.59. The van der Waals surface area contributed by atoms with Crippen molar-refractivity contribution >= 4 is 12.1 Å². The molecule has 1 rings (SSSR count). The van der Waals surface area contributed by atoms with E-state index in [2.05, 4.69) is 0 Å². The monoisotopic (exact) mass is 317 g/mol. The van der Waals surface area contributed by atoms with Crippen molar-refractivity contribution in [3.63, 3.8) is 0 Å². The Morgan fingerprint density at radius 2 is 1.82 bits per heavy atom. The number of phenolic OH excluding ortho intramolecular Hbond substituents is 1. The van der Waals surface area contributed by atoms with E-state index in [1.807, 2.05) is 5.32 Å². The molecule has 0 saturated carbocycles. The first-order valence-electron chi connectivity index (χ1n) is 6.39. The van der Waals surface area contributed by atoms with Crippen LogP contribution < -0.4 is 5.32 Å². The van der Waals surface area contributed by atoms with Gasteiger partial charge in [-0.3, -0.25) is 0 Å². The molecule has 1 aromatic carbocycles. The molecular formula is C14H17F2NO5. The van der Waals surface area contributed by atoms with Gasteiger partial charge in [-0.1, -0.05) is 0 Å². The van der Waals surface area contributed by atoms with Crippen molar-refractivity contribution in [2.24, 2.45) is 0 Å². The van der Waals surface area contributed by atoms with Crippen molar-refractivity contribution < 1.29 is 33.3 Å². The summed E-state index contributed by atoms with van der Waals surface area (Å²) in [5.41, 5.74) is -1.39. The number of ether oxygens (including phenoxy) is 1. The largest absolute Gasteiger partial charge is 0.505 e. The van der Waals surface area contributed by atoms with Gasteiger partial charge >= 0.3 is 12.1 Å². The Morgan fingerprint density at radius 3 is 2.32 bits per heavy atom. The van der Waals surface area contributed by atoms with Gasteiger partial charge in [0.1, 0.15) is 17.5 Å². The van der Waals surface area contributed by atoms with Crippen LogP contribution in [-0.4, -0.2) is 33.9 Å². The zero-order valence-electron chi connectivity index (χ0n) is 12.3. The molecule has 0 spiro atoms. The van der Waals surface area contributed by atoms with Gasteiger partial charge in [0.05, 0.1) is 0 Å². The Balaban J connectivity index is 2.93. The van der Waals surface area contributed by atoms with Gasteiger partial charge in [0.15, 0.2) is 11.6 Å². The average molecular weight is 317 g/mol. The van der Waals surface area contributed by atoms with E-state index in [4.69, 9.17) is 9.84 Å². The molecule has 0 aromatic heterocycles. The Hall–Kier alpha value is -2.38. The summed E-state index contributed by atoms with van der Waals surface area (Å²) in [4.78, 5) is 22.7. The molecule has 0 fully saturated rings. The first-order chi connectivity index (χ1) is 10.0. The minimum absolute atomic E-state index is 0.538. The van der Waals surface area contributed by atoms with E-state index >= 15 is 0 Å². The Kier molecular flexibility index (Phi) is 5.29. The van der Waals surface area contributed by atoms with Crippen LogP contribution >= 0.6 is 0 Å². The predicted octanol–water partition coefficient (Wildman–Crippen LogP) is 2.19. The normalized spacial score (nSPS) is 12.6. The summed E-state index contributed by atoms with van der Waals surface area (Å²) in [7, 11) is 0. The van der Waals surface area contributed by atoms with Crippen molar-refractivity contribution in [2.45, 2.75) is 38.8 Å². The molecule has 0 aliphatic carbocycles. The van der Waals surface area contributed by atoms with E-state index in [9.17, 15) is 23.5 Å². The van der Waals surface area contributed by atoms with E-state index in [1.165, 1.54) is 0 Å². The number of benzene rings is 1. The summed E-state index contributed by atoms with van der Waals surface area (Å²) in [6.45, 7) is 4.75. The number of carboxylic acid groups (broad SMARTS) is 1. The van der Waals surface area contributed by atoms with E-state index in [0.29, 0.717) is 6.07 Å². The van der Waals surface area contributed by atoms with E-state index in [-0.39, 0.29) is 0 Å². The molecule has 1 unspecified atom stereocenters. The van der Waals surface area contributed by atoms with Gasteiger partial charge < -0.3 is 20.3 Å². The smallest absolute Gasteiger partial charge is 0.408 e. The fraction of sp³-hybridized carbons (Fsp3) is 0.429. The van der Waals surface area contributed by atoms with Gasteiger partial charge in [0.25, 0.3) is 0 Å². The highest BCUT2D eigenvalue weighted by molar-refractivity contribution is 5.80. The SMILES string of the molecule is CC(C)(C)OC(=O)NC(Cc1c(F)ccc(F)c1O)C(=O)O. The predicted molar refractivity (Wildman–Crippen MR) is 72.5 cm³/mol. The molecule has 0 radical (unpaired) electrons. The highest BCUT2D eigenvalue weighted by atomic mass is 19.1. The molecule has 0 aliphatic rings. The van der Waals surface area contributed by atoms with Crippen LogP contribution in [0.3, 0.4) is 0 Å². The molecule has 22 heavy (non-hydrogen) atoms. The van der Waals surface area contributed by atoms with Gasteiger partial charge in [-0.15, -0.1) is 0 Å². The number of hydrogen-bond donors (Lipinski definition) is 3. The highest BCUT2D eigenvalue weighted by Gasteiger charge is 2.27. The minimum atomic E-state index is -1.59. The molecular weight excluding hydrogens is 300 g/mol. The number of amides is 1. The lowest BCUT2D eigenvalue weighted by atomic mass is 10.0. The van der Waals surface area contributed by atoms with E-state index in [1.54, 1.807) is 20.8 Å². The average Bonchev–Trinajstić information content (AvgIpc) is 2.35. The van der Waals surface area contributed by atoms with Gasteiger partial charge in [-0.25, -0.2) is 18.4 Å². The van der Waals surface area contributed by atoms with Crippen LogP contribution in [0.15, 0.2) is 12.1 Å². The first kappa shape index (κ1) is 17.7. The molecule has 8 heteroatoms.